The standard InChI is InChI=1S/C35H34N6O4S2/c1-4-45-26-17-15-25(16-18-26)40-32(21-36-34(43)27-8-5-6-9-30(27)44-3)37-38-35(40)47-22-33(42)41-29(24-13-11-23(2)12-14-24)20-28(39-41)31-10-7-19-46-31/h5-19,29H,4,20-22H2,1-3H3,(H,36,43)/t29-/m0/s1. The summed E-state index contributed by atoms with van der Waals surface area (Å²) in [6.07, 6.45) is 0.637. The Bertz CT molecular complexity index is 1870. The largest absolute Gasteiger partial charge is 0.496 e. The van der Waals surface area contributed by atoms with Gasteiger partial charge in [0.2, 0.25) is 0 Å². The third kappa shape index (κ3) is 7.23. The zero-order valence-corrected chi connectivity index (χ0v) is 27.9. The maximum Gasteiger partial charge on any atom is 0.255 e. The van der Waals surface area contributed by atoms with Gasteiger partial charge in [-0.25, -0.2) is 5.01 Å². The highest BCUT2D eigenvalue weighted by Gasteiger charge is 2.33. The van der Waals surface area contributed by atoms with Gasteiger partial charge >= 0.3 is 0 Å². The number of ether oxygens (including phenoxy) is 2. The van der Waals surface area contributed by atoms with Crippen molar-refractivity contribution in [3.05, 3.63) is 118 Å². The van der Waals surface area contributed by atoms with Gasteiger partial charge in [-0.05, 0) is 67.3 Å². The molecule has 240 valence electrons. The van der Waals surface area contributed by atoms with E-state index < -0.39 is 0 Å². The van der Waals surface area contributed by atoms with E-state index in [1.54, 1.807) is 34.5 Å². The van der Waals surface area contributed by atoms with Crippen molar-refractivity contribution in [2.24, 2.45) is 5.10 Å². The zero-order valence-electron chi connectivity index (χ0n) is 26.3. The first kappa shape index (κ1) is 32.0. The predicted molar refractivity (Wildman–Crippen MR) is 184 cm³/mol. The summed E-state index contributed by atoms with van der Waals surface area (Å²) < 4.78 is 12.8. The van der Waals surface area contributed by atoms with Crippen LogP contribution in [-0.4, -0.2) is 56.8 Å². The molecule has 1 aliphatic rings. The summed E-state index contributed by atoms with van der Waals surface area (Å²) in [5, 5.41) is 20.7. The van der Waals surface area contributed by atoms with Gasteiger partial charge < -0.3 is 14.8 Å². The van der Waals surface area contributed by atoms with Gasteiger partial charge in [0.1, 0.15) is 11.5 Å². The van der Waals surface area contributed by atoms with E-state index in [0.717, 1.165) is 33.2 Å². The molecule has 0 aliphatic carbocycles. The minimum atomic E-state index is -0.302. The van der Waals surface area contributed by atoms with E-state index >= 15 is 0 Å². The number of carbonyl (C=O) groups excluding carboxylic acids is 2. The Labute approximate surface area is 281 Å². The zero-order chi connectivity index (χ0) is 32.8. The summed E-state index contributed by atoms with van der Waals surface area (Å²) in [6, 6.07) is 26.6. The number of thioether (sulfide) groups is 1. The number of nitrogens with zero attached hydrogens (tertiary/aromatic N) is 5. The fourth-order valence-electron chi connectivity index (χ4n) is 5.28. The number of para-hydroxylation sites is 1. The predicted octanol–water partition coefficient (Wildman–Crippen LogP) is 6.44. The number of methoxy groups -OCH3 is 1. The van der Waals surface area contributed by atoms with Gasteiger partial charge in [0.25, 0.3) is 11.8 Å². The van der Waals surface area contributed by atoms with E-state index in [9.17, 15) is 9.59 Å². The van der Waals surface area contributed by atoms with Crippen molar-refractivity contribution in [3.63, 3.8) is 0 Å². The van der Waals surface area contributed by atoms with Crippen LogP contribution in [0.15, 0.2) is 101 Å². The maximum absolute atomic E-state index is 13.8. The molecule has 10 nitrogen and oxygen atoms in total. The van der Waals surface area contributed by atoms with Crippen LogP contribution in [-0.2, 0) is 11.3 Å². The summed E-state index contributed by atoms with van der Waals surface area (Å²) in [6.45, 7) is 4.62. The van der Waals surface area contributed by atoms with Crippen molar-refractivity contribution in [2.45, 2.75) is 38.0 Å². The first-order valence-electron chi connectivity index (χ1n) is 15.2. The molecule has 2 amide bonds. The lowest BCUT2D eigenvalue weighted by Crippen LogP contribution is -2.28. The maximum atomic E-state index is 13.8. The van der Waals surface area contributed by atoms with Gasteiger partial charge in [0, 0.05) is 12.1 Å². The lowest BCUT2D eigenvalue weighted by Gasteiger charge is -2.22. The Morgan fingerprint density at radius 1 is 1.00 bits per heavy atom. The van der Waals surface area contributed by atoms with Crippen LogP contribution in [0.1, 0.15) is 51.6 Å². The highest BCUT2D eigenvalue weighted by Crippen LogP contribution is 2.35. The fourth-order valence-corrected chi connectivity index (χ4v) is 6.83. The number of aryl methyl sites for hydroxylation is 1. The molecule has 2 aromatic heterocycles. The van der Waals surface area contributed by atoms with E-state index in [4.69, 9.17) is 14.6 Å². The summed E-state index contributed by atoms with van der Waals surface area (Å²) in [5.74, 6) is 1.36. The number of aromatic nitrogens is 3. The quantitative estimate of drug-likeness (QED) is 0.153. The molecule has 1 aliphatic heterocycles. The van der Waals surface area contributed by atoms with Crippen LogP contribution in [0, 0.1) is 6.92 Å². The number of hydrogen-bond acceptors (Lipinski definition) is 9. The number of benzene rings is 3. The molecule has 0 unspecified atom stereocenters. The first-order chi connectivity index (χ1) is 22.9. The van der Waals surface area contributed by atoms with Crippen molar-refractivity contribution in [3.8, 4) is 17.2 Å². The molecule has 1 N–H and O–H groups in total. The minimum absolute atomic E-state index is 0.0896. The Morgan fingerprint density at radius 3 is 2.51 bits per heavy atom. The second-order valence-electron chi connectivity index (χ2n) is 10.7. The summed E-state index contributed by atoms with van der Waals surface area (Å²) in [7, 11) is 1.53. The van der Waals surface area contributed by atoms with E-state index in [0.29, 0.717) is 35.3 Å². The monoisotopic (exact) mass is 666 g/mol. The van der Waals surface area contributed by atoms with Crippen LogP contribution in [0.3, 0.4) is 0 Å². The smallest absolute Gasteiger partial charge is 0.255 e. The molecule has 47 heavy (non-hydrogen) atoms. The Kier molecular flexibility index (Phi) is 9.98. The second-order valence-corrected chi connectivity index (χ2v) is 12.6. The molecule has 0 bridgehead atoms. The van der Waals surface area contributed by atoms with E-state index in [1.807, 2.05) is 66.3 Å². The highest BCUT2D eigenvalue weighted by molar-refractivity contribution is 7.99. The number of carbonyl (C=O) groups is 2. The average molecular weight is 667 g/mol. The third-order valence-corrected chi connectivity index (χ3v) is 9.46. The molecular formula is C35H34N6O4S2. The Hall–Kier alpha value is -4.94. The van der Waals surface area contributed by atoms with Crippen molar-refractivity contribution < 1.29 is 19.1 Å². The van der Waals surface area contributed by atoms with Crippen LogP contribution >= 0.6 is 23.1 Å². The van der Waals surface area contributed by atoms with Crippen molar-refractivity contribution >= 4 is 40.6 Å². The van der Waals surface area contributed by atoms with Crippen LogP contribution in [0.25, 0.3) is 5.69 Å². The van der Waals surface area contributed by atoms with Gasteiger partial charge in [0.05, 0.1) is 48.2 Å². The lowest BCUT2D eigenvalue weighted by molar-refractivity contribution is -0.130. The molecule has 12 heteroatoms. The second kappa shape index (κ2) is 14.7. The number of hydrogen-bond donors (Lipinski definition) is 1. The topological polar surface area (TPSA) is 111 Å². The Morgan fingerprint density at radius 2 is 1.79 bits per heavy atom. The minimum Gasteiger partial charge on any atom is -0.496 e. The highest BCUT2D eigenvalue weighted by atomic mass is 32.2. The van der Waals surface area contributed by atoms with Gasteiger partial charge in [-0.3, -0.25) is 14.2 Å². The summed E-state index contributed by atoms with van der Waals surface area (Å²) >= 11 is 2.89. The number of thiophene rings is 1. The fraction of sp³-hybridized carbons (Fsp3) is 0.229. The number of hydrazone groups is 1. The van der Waals surface area contributed by atoms with Gasteiger partial charge in [-0.1, -0.05) is 59.8 Å². The van der Waals surface area contributed by atoms with E-state index in [2.05, 4.69) is 39.8 Å². The number of nitrogens with one attached hydrogen (secondary N) is 1. The third-order valence-electron chi connectivity index (χ3n) is 7.62. The SMILES string of the molecule is CCOc1ccc(-n2c(CNC(=O)c3ccccc3OC)nnc2SCC(=O)N2N=C(c3cccs3)C[C@H]2c2ccc(C)cc2)cc1. The number of rotatable bonds is 12. The molecule has 0 fully saturated rings. The normalized spacial score (nSPS) is 14.1. The van der Waals surface area contributed by atoms with Crippen LogP contribution in [0.4, 0.5) is 0 Å². The van der Waals surface area contributed by atoms with E-state index in [-0.39, 0.29) is 30.2 Å². The van der Waals surface area contributed by atoms with Gasteiger partial charge in [-0.2, -0.15) is 5.10 Å². The molecule has 0 spiro atoms. The van der Waals surface area contributed by atoms with Crippen molar-refractivity contribution in [1.29, 1.82) is 0 Å². The van der Waals surface area contributed by atoms with Crippen LogP contribution in [0.5, 0.6) is 11.5 Å². The van der Waals surface area contributed by atoms with E-state index in [1.165, 1.54) is 18.9 Å². The molecule has 0 radical (unpaired) electrons. The molecular weight excluding hydrogens is 633 g/mol. The lowest BCUT2D eigenvalue weighted by atomic mass is 10.00. The molecule has 0 saturated carbocycles. The first-order valence-corrected chi connectivity index (χ1v) is 17.0. The molecule has 6 rings (SSSR count). The van der Waals surface area contributed by atoms with Crippen molar-refractivity contribution in [2.75, 3.05) is 19.5 Å². The molecule has 3 aromatic carbocycles. The molecule has 5 aromatic rings. The summed E-state index contributed by atoms with van der Waals surface area (Å²) in [4.78, 5) is 28.0. The van der Waals surface area contributed by atoms with Crippen molar-refractivity contribution in [1.82, 2.24) is 25.1 Å². The van der Waals surface area contributed by atoms with Gasteiger partial charge in [-0.15, -0.1) is 21.5 Å². The molecule has 1 atom stereocenters. The van der Waals surface area contributed by atoms with Crippen LogP contribution < -0.4 is 14.8 Å². The number of amides is 2. The van der Waals surface area contributed by atoms with Crippen LogP contribution in [0.2, 0.25) is 0 Å². The molecule has 0 saturated heterocycles. The average Bonchev–Trinajstić information content (AvgIpc) is 3.87. The molecule has 3 heterocycles. The summed E-state index contributed by atoms with van der Waals surface area (Å²) in [5.41, 5.74) is 4.28. The van der Waals surface area contributed by atoms with Gasteiger partial charge in [0.15, 0.2) is 11.0 Å². The Balaban J connectivity index is 1.25.